The van der Waals surface area contributed by atoms with E-state index in [2.05, 4.69) is 5.32 Å². The van der Waals surface area contributed by atoms with Gasteiger partial charge in [-0.25, -0.2) is 0 Å². The van der Waals surface area contributed by atoms with Crippen molar-refractivity contribution >= 4 is 17.5 Å². The highest BCUT2D eigenvalue weighted by Crippen LogP contribution is 2.17. The average Bonchev–Trinajstić information content (AvgIpc) is 2.60. The Labute approximate surface area is 149 Å². The van der Waals surface area contributed by atoms with Crippen LogP contribution < -0.4 is 10.6 Å². The lowest BCUT2D eigenvalue weighted by atomic mass is 10.1. The van der Waals surface area contributed by atoms with Crippen LogP contribution in [0.5, 0.6) is 0 Å². The summed E-state index contributed by atoms with van der Waals surface area (Å²) >= 11 is 0. The molecular formula is C19H19F3N2O2. The van der Waals surface area contributed by atoms with Crippen molar-refractivity contribution in [1.29, 1.82) is 0 Å². The fourth-order valence-electron chi connectivity index (χ4n) is 2.38. The maximum atomic E-state index is 12.2. The minimum atomic E-state index is -4.49. The van der Waals surface area contributed by atoms with Crippen molar-refractivity contribution in [3.05, 3.63) is 65.7 Å². The fraction of sp³-hybridized carbons (Fsp3) is 0.263. The van der Waals surface area contributed by atoms with Gasteiger partial charge in [-0.05, 0) is 30.5 Å². The van der Waals surface area contributed by atoms with Gasteiger partial charge in [0.25, 0.3) is 5.91 Å². The SMILES string of the molecule is O=C(CCCc1ccccc1)Nc1ccccc1C(=O)NCC(F)(F)F. The summed E-state index contributed by atoms with van der Waals surface area (Å²) in [7, 11) is 0. The van der Waals surface area contributed by atoms with E-state index >= 15 is 0 Å². The van der Waals surface area contributed by atoms with E-state index in [1.54, 1.807) is 11.4 Å². The molecule has 26 heavy (non-hydrogen) atoms. The van der Waals surface area contributed by atoms with E-state index < -0.39 is 18.6 Å². The molecular weight excluding hydrogens is 345 g/mol. The Balaban J connectivity index is 1.90. The Bertz CT molecular complexity index is 746. The third-order valence-electron chi connectivity index (χ3n) is 3.61. The van der Waals surface area contributed by atoms with Gasteiger partial charge in [0.2, 0.25) is 5.91 Å². The van der Waals surface area contributed by atoms with Crippen LogP contribution in [0.2, 0.25) is 0 Å². The van der Waals surface area contributed by atoms with Crippen LogP contribution in [0.25, 0.3) is 0 Å². The summed E-state index contributed by atoms with van der Waals surface area (Å²) in [5, 5.41) is 4.40. The third-order valence-corrected chi connectivity index (χ3v) is 3.61. The zero-order valence-corrected chi connectivity index (χ0v) is 14.0. The number of para-hydroxylation sites is 1. The lowest BCUT2D eigenvalue weighted by molar-refractivity contribution is -0.123. The molecule has 2 aromatic carbocycles. The summed E-state index contributed by atoms with van der Waals surface area (Å²) < 4.78 is 36.7. The van der Waals surface area contributed by atoms with Gasteiger partial charge in [0.1, 0.15) is 6.54 Å². The quantitative estimate of drug-likeness (QED) is 0.782. The van der Waals surface area contributed by atoms with Crippen molar-refractivity contribution in [2.45, 2.75) is 25.4 Å². The van der Waals surface area contributed by atoms with Gasteiger partial charge in [-0.15, -0.1) is 0 Å². The standard InChI is InChI=1S/C19H19F3N2O2/c20-19(21,22)13-23-18(26)15-10-4-5-11-16(15)24-17(25)12-6-9-14-7-2-1-3-8-14/h1-5,7-8,10-11H,6,9,12-13H2,(H,23,26)(H,24,25). The predicted molar refractivity (Wildman–Crippen MR) is 92.8 cm³/mol. The monoisotopic (exact) mass is 364 g/mol. The molecule has 2 aromatic rings. The van der Waals surface area contributed by atoms with Crippen molar-refractivity contribution < 1.29 is 22.8 Å². The number of benzene rings is 2. The van der Waals surface area contributed by atoms with Crippen LogP contribution in [-0.4, -0.2) is 24.5 Å². The van der Waals surface area contributed by atoms with Crippen molar-refractivity contribution in [2.24, 2.45) is 0 Å². The lowest BCUT2D eigenvalue weighted by Gasteiger charge is -2.12. The second kappa shape index (κ2) is 9.03. The minimum Gasteiger partial charge on any atom is -0.343 e. The van der Waals surface area contributed by atoms with E-state index in [0.717, 1.165) is 12.0 Å². The summed E-state index contributed by atoms with van der Waals surface area (Å²) in [4.78, 5) is 24.0. The number of carbonyl (C=O) groups excluding carboxylic acids is 2. The maximum absolute atomic E-state index is 12.2. The van der Waals surface area contributed by atoms with E-state index in [-0.39, 0.29) is 23.6 Å². The first-order valence-electron chi connectivity index (χ1n) is 8.13. The Morgan fingerprint density at radius 2 is 1.58 bits per heavy atom. The highest BCUT2D eigenvalue weighted by atomic mass is 19.4. The van der Waals surface area contributed by atoms with Crippen molar-refractivity contribution in [3.63, 3.8) is 0 Å². The topological polar surface area (TPSA) is 58.2 Å². The molecule has 0 fully saturated rings. The van der Waals surface area contributed by atoms with E-state index in [4.69, 9.17) is 0 Å². The molecule has 0 spiro atoms. The molecule has 0 heterocycles. The molecule has 0 aliphatic rings. The zero-order chi connectivity index (χ0) is 19.0. The first kappa shape index (κ1) is 19.5. The van der Waals surface area contributed by atoms with E-state index in [9.17, 15) is 22.8 Å². The first-order valence-corrected chi connectivity index (χ1v) is 8.13. The highest BCUT2D eigenvalue weighted by molar-refractivity contribution is 6.03. The number of anilines is 1. The number of amides is 2. The van der Waals surface area contributed by atoms with Crippen LogP contribution in [0.1, 0.15) is 28.8 Å². The largest absolute Gasteiger partial charge is 0.405 e. The number of rotatable bonds is 7. The van der Waals surface area contributed by atoms with Gasteiger partial charge in [-0.2, -0.15) is 13.2 Å². The van der Waals surface area contributed by atoms with Gasteiger partial charge in [0, 0.05) is 6.42 Å². The predicted octanol–water partition coefficient (Wildman–Crippen LogP) is 3.94. The molecule has 0 aliphatic carbocycles. The van der Waals surface area contributed by atoms with E-state index in [0.29, 0.717) is 6.42 Å². The number of carbonyl (C=O) groups is 2. The van der Waals surface area contributed by atoms with Crippen LogP contribution in [-0.2, 0) is 11.2 Å². The lowest BCUT2D eigenvalue weighted by Crippen LogP contribution is -2.34. The fourth-order valence-corrected chi connectivity index (χ4v) is 2.38. The van der Waals surface area contributed by atoms with Gasteiger partial charge in [-0.3, -0.25) is 9.59 Å². The molecule has 0 aromatic heterocycles. The molecule has 0 radical (unpaired) electrons. The molecule has 0 bridgehead atoms. The number of alkyl halides is 3. The minimum absolute atomic E-state index is 0.00633. The summed E-state index contributed by atoms with van der Waals surface area (Å²) in [6.45, 7) is -1.43. The van der Waals surface area contributed by atoms with Crippen LogP contribution in [0.3, 0.4) is 0 Å². The van der Waals surface area contributed by atoms with Crippen molar-refractivity contribution in [2.75, 3.05) is 11.9 Å². The normalized spacial score (nSPS) is 11.0. The summed E-state index contributed by atoms with van der Waals surface area (Å²) in [5.41, 5.74) is 1.30. The Kier molecular flexibility index (Phi) is 6.77. The maximum Gasteiger partial charge on any atom is 0.405 e. The Hall–Kier alpha value is -2.83. The second-order valence-corrected chi connectivity index (χ2v) is 5.73. The average molecular weight is 364 g/mol. The number of hydrogen-bond donors (Lipinski definition) is 2. The van der Waals surface area contributed by atoms with Gasteiger partial charge in [0.05, 0.1) is 11.3 Å². The van der Waals surface area contributed by atoms with Gasteiger partial charge < -0.3 is 10.6 Å². The molecule has 2 N–H and O–H groups in total. The zero-order valence-electron chi connectivity index (χ0n) is 14.0. The van der Waals surface area contributed by atoms with Crippen molar-refractivity contribution in [3.8, 4) is 0 Å². The van der Waals surface area contributed by atoms with Gasteiger partial charge in [-0.1, -0.05) is 42.5 Å². The molecule has 0 atom stereocenters. The molecule has 4 nitrogen and oxygen atoms in total. The number of nitrogens with one attached hydrogen (secondary N) is 2. The summed E-state index contributed by atoms with van der Waals surface area (Å²) in [6.07, 6.45) is -2.89. The molecule has 0 saturated carbocycles. The van der Waals surface area contributed by atoms with E-state index in [1.807, 2.05) is 30.3 Å². The van der Waals surface area contributed by atoms with Crippen LogP contribution >= 0.6 is 0 Å². The number of aryl methyl sites for hydroxylation is 1. The Morgan fingerprint density at radius 3 is 2.27 bits per heavy atom. The molecule has 2 rings (SSSR count). The first-order chi connectivity index (χ1) is 12.3. The van der Waals surface area contributed by atoms with E-state index in [1.165, 1.54) is 18.2 Å². The Morgan fingerprint density at radius 1 is 0.923 bits per heavy atom. The van der Waals surface area contributed by atoms with Gasteiger partial charge >= 0.3 is 6.18 Å². The second-order valence-electron chi connectivity index (χ2n) is 5.73. The van der Waals surface area contributed by atoms with Crippen LogP contribution in [0.15, 0.2) is 54.6 Å². The van der Waals surface area contributed by atoms with Gasteiger partial charge in [0.15, 0.2) is 0 Å². The smallest absolute Gasteiger partial charge is 0.343 e. The molecule has 0 saturated heterocycles. The molecule has 0 unspecified atom stereocenters. The summed E-state index contributed by atoms with van der Waals surface area (Å²) in [6, 6.07) is 15.7. The number of hydrogen-bond acceptors (Lipinski definition) is 2. The molecule has 7 heteroatoms. The number of halogens is 3. The third kappa shape index (κ3) is 6.58. The molecule has 0 aliphatic heterocycles. The summed E-state index contributed by atoms with van der Waals surface area (Å²) in [5.74, 6) is -1.18. The van der Waals surface area contributed by atoms with Crippen LogP contribution in [0.4, 0.5) is 18.9 Å². The van der Waals surface area contributed by atoms with Crippen molar-refractivity contribution in [1.82, 2.24) is 5.32 Å². The molecule has 138 valence electrons. The molecule has 2 amide bonds. The highest BCUT2D eigenvalue weighted by Gasteiger charge is 2.28. The van der Waals surface area contributed by atoms with Crippen LogP contribution in [0, 0.1) is 0 Å².